The molecule has 2 aromatic rings. The van der Waals surface area contributed by atoms with E-state index in [4.69, 9.17) is 14.2 Å². The highest BCUT2D eigenvalue weighted by atomic mass is 16.5. The van der Waals surface area contributed by atoms with E-state index in [0.717, 1.165) is 43.2 Å². The van der Waals surface area contributed by atoms with Gasteiger partial charge in [0.05, 0.1) is 12.6 Å². The summed E-state index contributed by atoms with van der Waals surface area (Å²) in [4.78, 5) is 0. The van der Waals surface area contributed by atoms with E-state index >= 15 is 0 Å². The molecule has 0 amide bonds. The van der Waals surface area contributed by atoms with Gasteiger partial charge in [0, 0.05) is 12.3 Å². The van der Waals surface area contributed by atoms with Gasteiger partial charge in [0.1, 0.15) is 24.2 Å². The van der Waals surface area contributed by atoms with E-state index in [9.17, 15) is 0 Å². The lowest BCUT2D eigenvalue weighted by Crippen LogP contribution is -2.23. The number of rotatable bonds is 8. The average Bonchev–Trinajstić information content (AvgIpc) is 3.16. The Morgan fingerprint density at radius 2 is 1.85 bits per heavy atom. The summed E-state index contributed by atoms with van der Waals surface area (Å²) in [5.74, 6) is 1.87. The molecule has 1 heterocycles. The van der Waals surface area contributed by atoms with Crippen LogP contribution < -0.4 is 14.8 Å². The third-order valence-corrected chi connectivity index (χ3v) is 4.64. The number of hydrogen-bond acceptors (Lipinski definition) is 4. The summed E-state index contributed by atoms with van der Waals surface area (Å²) in [5, 5.41) is 3.42. The summed E-state index contributed by atoms with van der Waals surface area (Å²) in [7, 11) is 0. The van der Waals surface area contributed by atoms with Crippen molar-refractivity contribution in [1.82, 2.24) is 0 Å². The maximum atomic E-state index is 6.12. The highest BCUT2D eigenvalue weighted by Crippen LogP contribution is 2.24. The van der Waals surface area contributed by atoms with Crippen LogP contribution in [0.1, 0.15) is 30.9 Å². The van der Waals surface area contributed by atoms with Crippen LogP contribution in [0.2, 0.25) is 0 Å². The minimum absolute atomic E-state index is 0.0743. The van der Waals surface area contributed by atoms with Gasteiger partial charge in [-0.05, 0) is 69.0 Å². The van der Waals surface area contributed by atoms with Crippen LogP contribution in [0.25, 0.3) is 0 Å². The van der Waals surface area contributed by atoms with Crippen LogP contribution in [-0.4, -0.2) is 32.0 Å². The van der Waals surface area contributed by atoms with Gasteiger partial charge in [-0.3, -0.25) is 0 Å². The second-order valence-corrected chi connectivity index (χ2v) is 7.00. The number of ether oxygens (including phenoxy) is 3. The molecule has 140 valence electrons. The predicted octanol–water partition coefficient (Wildman–Crippen LogP) is 4.74. The maximum absolute atomic E-state index is 6.12. The van der Waals surface area contributed by atoms with Crippen LogP contribution in [0.4, 0.5) is 5.69 Å². The van der Waals surface area contributed by atoms with Gasteiger partial charge in [-0.1, -0.05) is 18.2 Å². The van der Waals surface area contributed by atoms with E-state index in [2.05, 4.69) is 44.3 Å². The van der Waals surface area contributed by atoms with Gasteiger partial charge in [-0.15, -0.1) is 0 Å². The smallest absolute Gasteiger partial charge is 0.125 e. The topological polar surface area (TPSA) is 39.7 Å². The van der Waals surface area contributed by atoms with Crippen molar-refractivity contribution in [3.8, 4) is 11.5 Å². The molecule has 1 aliphatic rings. The Balaban J connectivity index is 1.45. The Labute approximate surface area is 156 Å². The van der Waals surface area contributed by atoms with E-state index in [1.807, 2.05) is 24.3 Å². The average molecular weight is 355 g/mol. The van der Waals surface area contributed by atoms with Crippen LogP contribution in [0, 0.1) is 13.8 Å². The van der Waals surface area contributed by atoms with Crippen molar-refractivity contribution < 1.29 is 14.2 Å². The highest BCUT2D eigenvalue weighted by Gasteiger charge is 2.16. The Morgan fingerprint density at radius 1 is 1.12 bits per heavy atom. The van der Waals surface area contributed by atoms with Gasteiger partial charge in [0.15, 0.2) is 0 Å². The van der Waals surface area contributed by atoms with Crippen molar-refractivity contribution in [3.63, 3.8) is 0 Å². The van der Waals surface area contributed by atoms with Crippen molar-refractivity contribution in [2.24, 2.45) is 0 Å². The Hall–Kier alpha value is -2.20. The summed E-state index contributed by atoms with van der Waals surface area (Å²) in [6.45, 7) is 8.48. The minimum Gasteiger partial charge on any atom is -0.491 e. The third kappa shape index (κ3) is 5.15. The fourth-order valence-corrected chi connectivity index (χ4v) is 3.12. The zero-order valence-corrected chi connectivity index (χ0v) is 16.0. The molecule has 4 heteroatoms. The quantitative estimate of drug-likeness (QED) is 0.742. The lowest BCUT2D eigenvalue weighted by Gasteiger charge is -2.19. The van der Waals surface area contributed by atoms with E-state index in [1.165, 1.54) is 11.1 Å². The molecule has 3 rings (SSSR count). The monoisotopic (exact) mass is 355 g/mol. The van der Waals surface area contributed by atoms with Gasteiger partial charge in [0.2, 0.25) is 0 Å². The zero-order valence-electron chi connectivity index (χ0n) is 16.0. The van der Waals surface area contributed by atoms with E-state index in [0.29, 0.717) is 6.61 Å². The van der Waals surface area contributed by atoms with E-state index in [-0.39, 0.29) is 12.2 Å². The van der Waals surface area contributed by atoms with Crippen molar-refractivity contribution in [3.05, 3.63) is 53.6 Å². The van der Waals surface area contributed by atoms with Gasteiger partial charge in [-0.25, -0.2) is 0 Å². The second kappa shape index (κ2) is 8.95. The van der Waals surface area contributed by atoms with Gasteiger partial charge < -0.3 is 19.5 Å². The zero-order chi connectivity index (χ0) is 18.4. The molecule has 2 aromatic carbocycles. The van der Waals surface area contributed by atoms with Gasteiger partial charge in [0.25, 0.3) is 0 Å². The van der Waals surface area contributed by atoms with Crippen LogP contribution in [0.15, 0.2) is 42.5 Å². The largest absolute Gasteiger partial charge is 0.491 e. The molecule has 0 aliphatic carbocycles. The molecule has 0 saturated carbocycles. The molecule has 2 atom stereocenters. The standard InChI is InChI=1S/C22H29NO3/c1-16-6-4-7-17(2)22(16)26-18(3)14-23-19-9-11-20(12-10-19)25-15-21-8-5-13-24-21/h4,6-7,9-12,18,21,23H,5,8,13-15H2,1-3H3. The van der Waals surface area contributed by atoms with Crippen molar-refractivity contribution in [1.29, 1.82) is 0 Å². The van der Waals surface area contributed by atoms with Crippen molar-refractivity contribution >= 4 is 5.69 Å². The summed E-state index contributed by atoms with van der Waals surface area (Å²) >= 11 is 0. The molecular formula is C22H29NO3. The number of benzene rings is 2. The first-order valence-electron chi connectivity index (χ1n) is 9.43. The Kier molecular flexibility index (Phi) is 6.40. The minimum atomic E-state index is 0.0743. The summed E-state index contributed by atoms with van der Waals surface area (Å²) < 4.78 is 17.5. The number of anilines is 1. The van der Waals surface area contributed by atoms with Crippen LogP contribution >= 0.6 is 0 Å². The normalized spacial score (nSPS) is 17.7. The molecule has 26 heavy (non-hydrogen) atoms. The number of nitrogens with one attached hydrogen (secondary N) is 1. The van der Waals surface area contributed by atoms with Crippen molar-refractivity contribution in [2.45, 2.75) is 45.8 Å². The SMILES string of the molecule is Cc1cccc(C)c1OC(C)CNc1ccc(OCC2CCCO2)cc1. The molecule has 0 radical (unpaired) electrons. The summed E-state index contributed by atoms with van der Waals surface area (Å²) in [6, 6.07) is 14.3. The molecular weight excluding hydrogens is 326 g/mol. The Morgan fingerprint density at radius 3 is 2.50 bits per heavy atom. The van der Waals surface area contributed by atoms with Crippen molar-refractivity contribution in [2.75, 3.05) is 25.1 Å². The maximum Gasteiger partial charge on any atom is 0.125 e. The fraction of sp³-hybridized carbons (Fsp3) is 0.455. The molecule has 1 aliphatic heterocycles. The lowest BCUT2D eigenvalue weighted by molar-refractivity contribution is 0.0679. The van der Waals surface area contributed by atoms with Gasteiger partial charge in [-0.2, -0.15) is 0 Å². The summed E-state index contributed by atoms with van der Waals surface area (Å²) in [5.41, 5.74) is 3.40. The van der Waals surface area contributed by atoms with E-state index in [1.54, 1.807) is 0 Å². The van der Waals surface area contributed by atoms with E-state index < -0.39 is 0 Å². The predicted molar refractivity (Wildman–Crippen MR) is 105 cm³/mol. The van der Waals surface area contributed by atoms with Crippen LogP contribution in [0.3, 0.4) is 0 Å². The lowest BCUT2D eigenvalue weighted by atomic mass is 10.1. The molecule has 4 nitrogen and oxygen atoms in total. The molecule has 0 aromatic heterocycles. The first-order chi connectivity index (χ1) is 12.6. The highest BCUT2D eigenvalue weighted by molar-refractivity contribution is 5.46. The molecule has 0 bridgehead atoms. The molecule has 2 unspecified atom stereocenters. The van der Waals surface area contributed by atoms with Crippen LogP contribution in [-0.2, 0) is 4.74 Å². The molecule has 1 saturated heterocycles. The molecule has 1 fully saturated rings. The first kappa shape index (κ1) is 18.6. The molecule has 1 N–H and O–H groups in total. The fourth-order valence-electron chi connectivity index (χ4n) is 3.12. The van der Waals surface area contributed by atoms with Crippen LogP contribution in [0.5, 0.6) is 11.5 Å². The summed E-state index contributed by atoms with van der Waals surface area (Å²) in [6.07, 6.45) is 2.55. The number of hydrogen-bond donors (Lipinski definition) is 1. The third-order valence-electron chi connectivity index (χ3n) is 4.64. The molecule has 0 spiro atoms. The second-order valence-electron chi connectivity index (χ2n) is 7.00. The Bertz CT molecular complexity index is 673. The number of para-hydroxylation sites is 1. The van der Waals surface area contributed by atoms with Gasteiger partial charge >= 0.3 is 0 Å². The first-order valence-corrected chi connectivity index (χ1v) is 9.43. The number of aryl methyl sites for hydroxylation is 2.